The van der Waals surface area contributed by atoms with Crippen molar-refractivity contribution in [3.05, 3.63) is 39.8 Å². The van der Waals surface area contributed by atoms with E-state index in [1.807, 2.05) is 34.3 Å². The molecule has 19 heavy (non-hydrogen) atoms. The fraction of sp³-hybridized carbons (Fsp3) is 0.231. The van der Waals surface area contributed by atoms with Crippen LogP contribution in [-0.2, 0) is 6.54 Å². The van der Waals surface area contributed by atoms with Gasteiger partial charge in [0.05, 0.1) is 15.5 Å². The Labute approximate surface area is 119 Å². The van der Waals surface area contributed by atoms with Gasteiger partial charge in [-0.1, -0.05) is 24.6 Å². The zero-order chi connectivity index (χ0) is 13.4. The molecule has 0 radical (unpaired) electrons. The number of nitrogens with two attached hydrogens (primary N) is 1. The molecule has 2 aromatic heterocycles. The number of para-hydroxylation sites is 1. The average molecular weight is 293 g/mol. The van der Waals surface area contributed by atoms with Gasteiger partial charge in [0.15, 0.2) is 0 Å². The number of nitrogens with zero attached hydrogens (tertiary/aromatic N) is 3. The van der Waals surface area contributed by atoms with Crippen molar-refractivity contribution >= 4 is 39.9 Å². The number of aromatic nitrogens is 3. The van der Waals surface area contributed by atoms with Crippen LogP contribution in [0.15, 0.2) is 29.8 Å². The van der Waals surface area contributed by atoms with E-state index in [0.717, 1.165) is 22.6 Å². The zero-order valence-electron chi connectivity index (χ0n) is 10.4. The summed E-state index contributed by atoms with van der Waals surface area (Å²) in [6.07, 6.45) is 1.82. The van der Waals surface area contributed by atoms with Gasteiger partial charge in [-0.2, -0.15) is 0 Å². The zero-order valence-corrected chi connectivity index (χ0v) is 11.9. The first-order valence-corrected chi connectivity index (χ1v) is 7.22. The number of thiazole rings is 1. The predicted octanol–water partition coefficient (Wildman–Crippen LogP) is 3.53. The quantitative estimate of drug-likeness (QED) is 0.803. The number of fused-ring (bicyclic) bond motifs is 1. The molecule has 0 fully saturated rings. The number of halogens is 1. The van der Waals surface area contributed by atoms with E-state index >= 15 is 0 Å². The van der Waals surface area contributed by atoms with Gasteiger partial charge in [-0.05, 0) is 12.1 Å². The Balaban J connectivity index is 2.01. The lowest BCUT2D eigenvalue weighted by molar-refractivity contribution is 0.614. The first-order valence-electron chi connectivity index (χ1n) is 5.96. The van der Waals surface area contributed by atoms with Crippen LogP contribution in [0.25, 0.3) is 11.0 Å². The summed E-state index contributed by atoms with van der Waals surface area (Å²) in [6, 6.07) is 5.72. The molecule has 2 heterocycles. The minimum Gasteiger partial charge on any atom is -0.369 e. The molecule has 3 rings (SSSR count). The van der Waals surface area contributed by atoms with Crippen LogP contribution >= 0.6 is 22.9 Å². The number of rotatable bonds is 3. The average Bonchev–Trinajstić information content (AvgIpc) is 3.00. The molecule has 2 N–H and O–H groups in total. The number of benzene rings is 1. The van der Waals surface area contributed by atoms with Crippen LogP contribution in [0.5, 0.6) is 0 Å². The van der Waals surface area contributed by atoms with Gasteiger partial charge in [-0.3, -0.25) is 0 Å². The van der Waals surface area contributed by atoms with Crippen LogP contribution in [0.1, 0.15) is 17.8 Å². The van der Waals surface area contributed by atoms with E-state index in [0.29, 0.717) is 16.9 Å². The summed E-state index contributed by atoms with van der Waals surface area (Å²) >= 11 is 7.79. The lowest BCUT2D eigenvalue weighted by Crippen LogP contribution is -2.09. The van der Waals surface area contributed by atoms with E-state index in [1.165, 1.54) is 0 Å². The molecule has 3 aromatic rings. The molecule has 0 aliphatic carbocycles. The molecule has 98 valence electrons. The summed E-state index contributed by atoms with van der Waals surface area (Å²) in [6.45, 7) is 2.88. The molecule has 1 atom stereocenters. The molecular formula is C13H13ClN4S. The van der Waals surface area contributed by atoms with Crippen molar-refractivity contribution in [3.63, 3.8) is 0 Å². The second-order valence-corrected chi connectivity index (χ2v) is 5.79. The van der Waals surface area contributed by atoms with Gasteiger partial charge in [0.25, 0.3) is 0 Å². The molecule has 4 nitrogen and oxygen atoms in total. The minimum absolute atomic E-state index is 0.290. The first kappa shape index (κ1) is 12.4. The number of imidazole rings is 1. The number of anilines is 1. The summed E-state index contributed by atoms with van der Waals surface area (Å²) in [5.41, 5.74) is 7.72. The maximum Gasteiger partial charge on any atom is 0.201 e. The molecule has 0 bridgehead atoms. The molecule has 0 saturated carbocycles. The van der Waals surface area contributed by atoms with Crippen molar-refractivity contribution < 1.29 is 0 Å². The van der Waals surface area contributed by atoms with Gasteiger partial charge in [0, 0.05) is 24.0 Å². The summed E-state index contributed by atoms with van der Waals surface area (Å²) < 4.78 is 1.99. The lowest BCUT2D eigenvalue weighted by atomic mass is 10.2. The Morgan fingerprint density at radius 3 is 3.05 bits per heavy atom. The third kappa shape index (κ3) is 2.19. The summed E-state index contributed by atoms with van der Waals surface area (Å²) in [5.74, 6) is 0.783. The lowest BCUT2D eigenvalue weighted by Gasteiger charge is -2.11. The predicted molar refractivity (Wildman–Crippen MR) is 79.7 cm³/mol. The van der Waals surface area contributed by atoms with Crippen molar-refractivity contribution in [3.8, 4) is 0 Å². The Bertz CT molecular complexity index is 705. The number of hydrogen-bond acceptors (Lipinski definition) is 4. The second-order valence-electron chi connectivity index (χ2n) is 4.46. The van der Waals surface area contributed by atoms with E-state index in [9.17, 15) is 0 Å². The SMILES string of the molecule is CC(Cn1c(N)nc2c(Cl)cccc21)c1nccs1. The maximum absolute atomic E-state index is 6.14. The molecule has 0 spiro atoms. The molecule has 0 aliphatic heterocycles. The van der Waals surface area contributed by atoms with E-state index in [2.05, 4.69) is 16.9 Å². The van der Waals surface area contributed by atoms with Gasteiger partial charge >= 0.3 is 0 Å². The smallest absolute Gasteiger partial charge is 0.201 e. The molecule has 0 aliphatic rings. The van der Waals surface area contributed by atoms with Crippen molar-refractivity contribution in [1.82, 2.24) is 14.5 Å². The number of hydrogen-bond donors (Lipinski definition) is 1. The molecule has 1 aromatic carbocycles. The van der Waals surface area contributed by atoms with Crippen LogP contribution < -0.4 is 5.73 Å². The summed E-state index contributed by atoms with van der Waals surface area (Å²) in [5, 5.41) is 3.71. The second kappa shape index (κ2) is 4.83. The Morgan fingerprint density at radius 2 is 2.32 bits per heavy atom. The fourth-order valence-electron chi connectivity index (χ4n) is 2.15. The van der Waals surface area contributed by atoms with E-state index in [1.54, 1.807) is 11.3 Å². The highest BCUT2D eigenvalue weighted by atomic mass is 35.5. The van der Waals surface area contributed by atoms with E-state index in [-0.39, 0.29) is 0 Å². The van der Waals surface area contributed by atoms with Crippen molar-refractivity contribution in [2.24, 2.45) is 0 Å². The third-order valence-electron chi connectivity index (χ3n) is 3.09. The van der Waals surface area contributed by atoms with Crippen molar-refractivity contribution in [2.75, 3.05) is 5.73 Å². The molecule has 0 amide bonds. The Kier molecular flexibility index (Phi) is 3.16. The van der Waals surface area contributed by atoms with Gasteiger partial charge in [0.2, 0.25) is 5.95 Å². The Hall–Kier alpha value is -1.59. The summed E-state index contributed by atoms with van der Waals surface area (Å²) in [4.78, 5) is 8.68. The largest absolute Gasteiger partial charge is 0.369 e. The van der Waals surface area contributed by atoms with E-state index < -0.39 is 0 Å². The van der Waals surface area contributed by atoms with Crippen LogP contribution in [0, 0.1) is 0 Å². The molecule has 6 heteroatoms. The highest BCUT2D eigenvalue weighted by molar-refractivity contribution is 7.09. The maximum atomic E-state index is 6.14. The molecule has 0 saturated heterocycles. The van der Waals surface area contributed by atoms with E-state index in [4.69, 9.17) is 17.3 Å². The first-order chi connectivity index (χ1) is 9.16. The Morgan fingerprint density at radius 1 is 1.47 bits per heavy atom. The van der Waals surface area contributed by atoms with Gasteiger partial charge < -0.3 is 10.3 Å². The van der Waals surface area contributed by atoms with Gasteiger partial charge in [-0.25, -0.2) is 9.97 Å². The van der Waals surface area contributed by atoms with Crippen LogP contribution in [-0.4, -0.2) is 14.5 Å². The van der Waals surface area contributed by atoms with Crippen LogP contribution in [0.2, 0.25) is 5.02 Å². The third-order valence-corrected chi connectivity index (χ3v) is 4.40. The van der Waals surface area contributed by atoms with Crippen molar-refractivity contribution in [1.29, 1.82) is 0 Å². The monoisotopic (exact) mass is 292 g/mol. The summed E-state index contributed by atoms with van der Waals surface area (Å²) in [7, 11) is 0. The fourth-order valence-corrected chi connectivity index (χ4v) is 3.05. The van der Waals surface area contributed by atoms with Crippen LogP contribution in [0.3, 0.4) is 0 Å². The van der Waals surface area contributed by atoms with Gasteiger partial charge in [-0.15, -0.1) is 11.3 Å². The minimum atomic E-state index is 0.290. The molecule has 1 unspecified atom stereocenters. The molecular weight excluding hydrogens is 280 g/mol. The van der Waals surface area contributed by atoms with Gasteiger partial charge in [0.1, 0.15) is 5.52 Å². The normalized spacial score (nSPS) is 12.9. The highest BCUT2D eigenvalue weighted by Crippen LogP contribution is 2.28. The topological polar surface area (TPSA) is 56.7 Å². The van der Waals surface area contributed by atoms with Crippen LogP contribution in [0.4, 0.5) is 5.95 Å². The standard InChI is InChI=1S/C13H13ClN4S/c1-8(12-16-5-6-19-12)7-18-10-4-2-3-9(14)11(10)17-13(18)15/h2-6,8H,7H2,1H3,(H2,15,17). The van der Waals surface area contributed by atoms with Crippen molar-refractivity contribution in [2.45, 2.75) is 19.4 Å². The number of nitrogen functional groups attached to an aromatic ring is 1. The highest BCUT2D eigenvalue weighted by Gasteiger charge is 2.15.